The number of benzene rings is 1. The molecule has 0 bridgehead atoms. The Bertz CT molecular complexity index is 660. The second kappa shape index (κ2) is 7.04. The lowest BCUT2D eigenvalue weighted by Crippen LogP contribution is -2.28. The van der Waals surface area contributed by atoms with Crippen molar-refractivity contribution in [1.29, 1.82) is 0 Å². The largest absolute Gasteiger partial charge is 0.493 e. The van der Waals surface area contributed by atoms with Crippen molar-refractivity contribution in [3.05, 3.63) is 41.5 Å². The quantitative estimate of drug-likeness (QED) is 0.921. The third-order valence-electron chi connectivity index (χ3n) is 4.58. The van der Waals surface area contributed by atoms with E-state index < -0.39 is 0 Å². The van der Waals surface area contributed by atoms with Crippen molar-refractivity contribution in [2.75, 3.05) is 27.3 Å². The van der Waals surface area contributed by atoms with Gasteiger partial charge in [-0.15, -0.1) is 0 Å². The van der Waals surface area contributed by atoms with Crippen molar-refractivity contribution in [1.82, 2.24) is 14.9 Å². The summed E-state index contributed by atoms with van der Waals surface area (Å²) in [5.41, 5.74) is 2.40. The molecule has 1 aromatic carbocycles. The van der Waals surface area contributed by atoms with Crippen LogP contribution in [0.4, 0.5) is 0 Å². The van der Waals surface area contributed by atoms with E-state index in [2.05, 4.69) is 22.9 Å². The van der Waals surface area contributed by atoms with E-state index in [-0.39, 0.29) is 0 Å². The Morgan fingerprint density at radius 1 is 1.17 bits per heavy atom. The highest BCUT2D eigenvalue weighted by Gasteiger charge is 2.21. The number of piperidine rings is 1. The molecule has 1 aliphatic rings. The van der Waals surface area contributed by atoms with E-state index >= 15 is 0 Å². The third-order valence-corrected chi connectivity index (χ3v) is 4.58. The summed E-state index contributed by atoms with van der Waals surface area (Å²) >= 11 is 0. The van der Waals surface area contributed by atoms with Crippen LogP contribution in [0.15, 0.2) is 24.4 Å². The summed E-state index contributed by atoms with van der Waals surface area (Å²) in [6, 6.07) is 6.10. The van der Waals surface area contributed by atoms with Crippen molar-refractivity contribution in [3.63, 3.8) is 0 Å². The molecule has 2 heterocycles. The lowest BCUT2D eigenvalue weighted by Gasteiger charge is -2.23. The minimum Gasteiger partial charge on any atom is -0.493 e. The summed E-state index contributed by atoms with van der Waals surface area (Å²) < 4.78 is 13.1. The van der Waals surface area contributed by atoms with Gasteiger partial charge in [-0.1, -0.05) is 6.07 Å². The van der Waals surface area contributed by atoms with Crippen LogP contribution in [0.3, 0.4) is 0 Å². The highest BCUT2D eigenvalue weighted by molar-refractivity contribution is 5.43. The first-order valence-corrected chi connectivity index (χ1v) is 8.16. The van der Waals surface area contributed by atoms with Gasteiger partial charge < -0.3 is 19.4 Å². The van der Waals surface area contributed by atoms with Gasteiger partial charge in [-0.2, -0.15) is 0 Å². The second-order valence-corrected chi connectivity index (χ2v) is 6.06. The first kappa shape index (κ1) is 15.9. The van der Waals surface area contributed by atoms with E-state index in [0.29, 0.717) is 5.92 Å². The van der Waals surface area contributed by atoms with Gasteiger partial charge in [-0.3, -0.25) is 0 Å². The summed E-state index contributed by atoms with van der Waals surface area (Å²) in [7, 11) is 3.33. The Kier molecular flexibility index (Phi) is 4.86. The maximum absolute atomic E-state index is 5.41. The Morgan fingerprint density at radius 3 is 2.61 bits per heavy atom. The van der Waals surface area contributed by atoms with Crippen molar-refractivity contribution in [2.45, 2.75) is 32.2 Å². The van der Waals surface area contributed by atoms with Crippen LogP contribution < -0.4 is 14.8 Å². The molecule has 5 heteroatoms. The normalized spacial score (nSPS) is 15.6. The van der Waals surface area contributed by atoms with Crippen LogP contribution in [-0.4, -0.2) is 36.9 Å². The first-order chi connectivity index (χ1) is 11.2. The molecule has 1 aliphatic heterocycles. The monoisotopic (exact) mass is 315 g/mol. The van der Waals surface area contributed by atoms with Gasteiger partial charge in [0.15, 0.2) is 11.5 Å². The van der Waals surface area contributed by atoms with E-state index in [0.717, 1.165) is 44.0 Å². The Balaban J connectivity index is 1.86. The zero-order valence-corrected chi connectivity index (χ0v) is 14.1. The van der Waals surface area contributed by atoms with E-state index in [9.17, 15) is 0 Å². The molecule has 124 valence electrons. The molecule has 1 saturated heterocycles. The molecule has 1 fully saturated rings. The number of nitrogens with zero attached hydrogens (tertiary/aromatic N) is 2. The van der Waals surface area contributed by atoms with E-state index in [1.54, 1.807) is 14.2 Å². The molecule has 2 aromatic rings. The van der Waals surface area contributed by atoms with Gasteiger partial charge in [0.1, 0.15) is 5.82 Å². The summed E-state index contributed by atoms with van der Waals surface area (Å²) in [6.45, 7) is 5.09. The number of imidazole rings is 1. The number of hydrogen-bond acceptors (Lipinski definition) is 4. The van der Waals surface area contributed by atoms with Gasteiger partial charge in [-0.25, -0.2) is 4.98 Å². The number of nitrogens with one attached hydrogen (secondary N) is 1. The second-order valence-electron chi connectivity index (χ2n) is 6.06. The van der Waals surface area contributed by atoms with Crippen molar-refractivity contribution in [3.8, 4) is 11.5 Å². The number of methoxy groups -OCH3 is 2. The highest BCUT2D eigenvalue weighted by atomic mass is 16.5. The standard InChI is InChI=1S/C18H25N3O2/c1-13-11-20-18(15-6-8-19-9-7-15)21(13)12-14-4-5-16(22-2)17(10-14)23-3/h4-5,10-11,15,19H,6-9,12H2,1-3H3. The molecule has 3 rings (SSSR count). The van der Waals surface area contributed by atoms with Gasteiger partial charge in [0.2, 0.25) is 0 Å². The van der Waals surface area contributed by atoms with Crippen molar-refractivity contribution in [2.24, 2.45) is 0 Å². The number of rotatable bonds is 5. The summed E-state index contributed by atoms with van der Waals surface area (Å²) in [5, 5.41) is 3.42. The van der Waals surface area contributed by atoms with Crippen LogP contribution in [-0.2, 0) is 6.54 Å². The molecule has 1 aromatic heterocycles. The van der Waals surface area contributed by atoms with Crippen molar-refractivity contribution < 1.29 is 9.47 Å². The minimum atomic E-state index is 0.546. The fraction of sp³-hybridized carbons (Fsp3) is 0.500. The van der Waals surface area contributed by atoms with Crippen LogP contribution in [0.2, 0.25) is 0 Å². The van der Waals surface area contributed by atoms with Crippen LogP contribution in [0, 0.1) is 6.92 Å². The lowest BCUT2D eigenvalue weighted by atomic mass is 9.97. The van der Waals surface area contributed by atoms with Gasteiger partial charge in [0, 0.05) is 24.4 Å². The van der Waals surface area contributed by atoms with Gasteiger partial charge in [0.05, 0.1) is 14.2 Å². The van der Waals surface area contributed by atoms with Crippen molar-refractivity contribution >= 4 is 0 Å². The van der Waals surface area contributed by atoms with E-state index in [1.807, 2.05) is 18.3 Å². The molecule has 0 spiro atoms. The van der Waals surface area contributed by atoms with Gasteiger partial charge in [-0.05, 0) is 50.6 Å². The van der Waals surface area contributed by atoms with Crippen LogP contribution in [0.25, 0.3) is 0 Å². The molecule has 5 nitrogen and oxygen atoms in total. The molecule has 0 atom stereocenters. The topological polar surface area (TPSA) is 48.3 Å². The highest BCUT2D eigenvalue weighted by Crippen LogP contribution is 2.29. The fourth-order valence-electron chi connectivity index (χ4n) is 3.25. The first-order valence-electron chi connectivity index (χ1n) is 8.16. The predicted octanol–water partition coefficient (Wildman–Crippen LogP) is 2.72. The number of ether oxygens (including phenoxy) is 2. The molecular weight excluding hydrogens is 290 g/mol. The van der Waals surface area contributed by atoms with Gasteiger partial charge in [0.25, 0.3) is 0 Å². The Morgan fingerprint density at radius 2 is 1.91 bits per heavy atom. The SMILES string of the molecule is COc1ccc(Cn2c(C)cnc2C2CCNCC2)cc1OC. The summed E-state index contributed by atoms with van der Waals surface area (Å²) in [5.74, 6) is 3.28. The number of aromatic nitrogens is 2. The minimum absolute atomic E-state index is 0.546. The average Bonchev–Trinajstić information content (AvgIpc) is 2.96. The zero-order valence-electron chi connectivity index (χ0n) is 14.1. The molecule has 0 saturated carbocycles. The van der Waals surface area contributed by atoms with Crippen LogP contribution >= 0.6 is 0 Å². The predicted molar refractivity (Wildman–Crippen MR) is 90.5 cm³/mol. The van der Waals surface area contributed by atoms with E-state index in [4.69, 9.17) is 14.5 Å². The maximum atomic E-state index is 5.41. The molecule has 0 aliphatic carbocycles. The maximum Gasteiger partial charge on any atom is 0.161 e. The number of aryl methyl sites for hydroxylation is 1. The van der Waals surface area contributed by atoms with Crippen LogP contribution in [0.1, 0.15) is 35.8 Å². The number of hydrogen-bond donors (Lipinski definition) is 1. The molecule has 1 N–H and O–H groups in total. The smallest absolute Gasteiger partial charge is 0.161 e. The molecule has 23 heavy (non-hydrogen) atoms. The zero-order chi connectivity index (χ0) is 16.2. The molecule has 0 unspecified atom stereocenters. The summed E-state index contributed by atoms with van der Waals surface area (Å²) in [6.07, 6.45) is 4.29. The van der Waals surface area contributed by atoms with Gasteiger partial charge >= 0.3 is 0 Å². The Labute approximate surface area is 137 Å². The molecule has 0 amide bonds. The third kappa shape index (κ3) is 3.34. The van der Waals surface area contributed by atoms with Crippen LogP contribution in [0.5, 0.6) is 11.5 Å². The van der Waals surface area contributed by atoms with E-state index in [1.165, 1.54) is 17.1 Å². The molecule has 0 radical (unpaired) electrons. The average molecular weight is 315 g/mol. The summed E-state index contributed by atoms with van der Waals surface area (Å²) in [4.78, 5) is 4.69. The fourth-order valence-corrected chi connectivity index (χ4v) is 3.25. The lowest BCUT2D eigenvalue weighted by molar-refractivity contribution is 0.354. The Hall–Kier alpha value is -2.01. The molecular formula is C18H25N3O2.